The monoisotopic (exact) mass is 295 g/mol. The van der Waals surface area contributed by atoms with Crippen molar-refractivity contribution in [2.45, 2.75) is 6.92 Å². The molecule has 6 heteroatoms. The Kier molecular flexibility index (Phi) is 2.65. The first-order valence-electron chi connectivity index (χ1n) is 6.60. The standard InChI is InChI=1S/C15H13N5S/c1-9-15(21-8-16-9)10-3-4-12-13(5-10)18-19-14(12)11-6-17-20(2)7-11/h3-8H,1-2H3,(H,18,19). The van der Waals surface area contributed by atoms with Gasteiger partial charge in [0.25, 0.3) is 0 Å². The number of fused-ring (bicyclic) bond motifs is 1. The van der Waals surface area contributed by atoms with Crippen molar-refractivity contribution in [3.8, 4) is 21.7 Å². The van der Waals surface area contributed by atoms with E-state index in [9.17, 15) is 0 Å². The second-order valence-electron chi connectivity index (χ2n) is 5.00. The Bertz CT molecular complexity index is 931. The number of hydrogen-bond acceptors (Lipinski definition) is 4. The maximum Gasteiger partial charge on any atom is 0.103 e. The minimum atomic E-state index is 0.936. The number of aromatic amines is 1. The summed E-state index contributed by atoms with van der Waals surface area (Å²) in [5.74, 6) is 0. The van der Waals surface area contributed by atoms with Gasteiger partial charge in [-0.25, -0.2) is 4.98 Å². The normalized spacial score (nSPS) is 11.3. The van der Waals surface area contributed by atoms with Crippen molar-refractivity contribution in [1.29, 1.82) is 0 Å². The summed E-state index contributed by atoms with van der Waals surface area (Å²) in [6, 6.07) is 6.36. The highest BCUT2D eigenvalue weighted by Crippen LogP contribution is 2.32. The molecule has 1 N–H and O–H groups in total. The lowest BCUT2D eigenvalue weighted by molar-refractivity contribution is 0.768. The predicted molar refractivity (Wildman–Crippen MR) is 84.1 cm³/mol. The molecule has 0 atom stereocenters. The molecular formula is C15H13N5S. The fourth-order valence-corrected chi connectivity index (χ4v) is 3.31. The van der Waals surface area contributed by atoms with E-state index in [-0.39, 0.29) is 0 Å². The van der Waals surface area contributed by atoms with Crippen molar-refractivity contribution >= 4 is 22.2 Å². The third-order valence-electron chi connectivity index (χ3n) is 3.55. The number of nitrogens with one attached hydrogen (secondary N) is 1. The molecule has 0 amide bonds. The van der Waals surface area contributed by atoms with Crippen LogP contribution < -0.4 is 0 Å². The van der Waals surface area contributed by atoms with Crippen LogP contribution in [0.3, 0.4) is 0 Å². The summed E-state index contributed by atoms with van der Waals surface area (Å²) in [6.45, 7) is 2.03. The van der Waals surface area contributed by atoms with Crippen molar-refractivity contribution in [2.24, 2.45) is 7.05 Å². The average molecular weight is 295 g/mol. The maximum atomic E-state index is 4.43. The molecule has 3 heterocycles. The van der Waals surface area contributed by atoms with Crippen molar-refractivity contribution in [2.75, 3.05) is 0 Å². The second kappa shape index (κ2) is 4.53. The number of rotatable bonds is 2. The minimum absolute atomic E-state index is 0.936. The lowest BCUT2D eigenvalue weighted by Crippen LogP contribution is -1.84. The Morgan fingerprint density at radius 1 is 1.24 bits per heavy atom. The Morgan fingerprint density at radius 3 is 2.86 bits per heavy atom. The number of nitrogens with zero attached hydrogens (tertiary/aromatic N) is 4. The van der Waals surface area contributed by atoms with Crippen LogP contribution in [0.5, 0.6) is 0 Å². The smallest absolute Gasteiger partial charge is 0.103 e. The van der Waals surface area contributed by atoms with Crippen LogP contribution in [0.1, 0.15) is 5.69 Å². The molecule has 3 aromatic heterocycles. The van der Waals surface area contributed by atoms with Crippen molar-refractivity contribution in [3.05, 3.63) is 41.8 Å². The third-order valence-corrected chi connectivity index (χ3v) is 4.53. The molecular weight excluding hydrogens is 282 g/mol. The molecule has 0 aliphatic carbocycles. The van der Waals surface area contributed by atoms with Crippen LogP contribution in [0, 0.1) is 6.92 Å². The number of benzene rings is 1. The van der Waals surface area contributed by atoms with E-state index >= 15 is 0 Å². The van der Waals surface area contributed by atoms with E-state index in [4.69, 9.17) is 0 Å². The SMILES string of the molecule is Cc1ncsc1-c1ccc2c(-c3cnn(C)c3)n[nH]c2c1. The molecule has 5 nitrogen and oxygen atoms in total. The van der Waals surface area contributed by atoms with E-state index in [1.165, 1.54) is 10.4 Å². The first-order valence-corrected chi connectivity index (χ1v) is 7.48. The molecule has 0 saturated heterocycles. The molecule has 0 unspecified atom stereocenters. The lowest BCUT2D eigenvalue weighted by Gasteiger charge is -1.99. The molecule has 0 saturated carbocycles. The molecule has 104 valence electrons. The summed E-state index contributed by atoms with van der Waals surface area (Å²) in [5.41, 5.74) is 7.09. The van der Waals surface area contributed by atoms with Crippen molar-refractivity contribution in [3.63, 3.8) is 0 Å². The quantitative estimate of drug-likeness (QED) is 0.616. The van der Waals surface area contributed by atoms with Gasteiger partial charge >= 0.3 is 0 Å². The van der Waals surface area contributed by atoms with Gasteiger partial charge in [0.1, 0.15) is 5.69 Å². The highest BCUT2D eigenvalue weighted by atomic mass is 32.1. The van der Waals surface area contributed by atoms with E-state index in [1.807, 2.05) is 31.9 Å². The predicted octanol–water partition coefficient (Wildman–Crippen LogP) is 3.40. The summed E-state index contributed by atoms with van der Waals surface area (Å²) >= 11 is 1.66. The van der Waals surface area contributed by atoms with Crippen molar-refractivity contribution in [1.82, 2.24) is 25.0 Å². The number of hydrogen-bond donors (Lipinski definition) is 1. The molecule has 1 aromatic carbocycles. The summed E-state index contributed by atoms with van der Waals surface area (Å²) in [4.78, 5) is 5.51. The molecule has 21 heavy (non-hydrogen) atoms. The van der Waals surface area contributed by atoms with Crippen LogP contribution in [0.15, 0.2) is 36.1 Å². The van der Waals surface area contributed by atoms with Crippen LogP contribution in [-0.4, -0.2) is 25.0 Å². The highest BCUT2D eigenvalue weighted by Gasteiger charge is 2.12. The van der Waals surface area contributed by atoms with E-state index in [0.717, 1.165) is 27.9 Å². The summed E-state index contributed by atoms with van der Waals surface area (Å²) in [7, 11) is 1.91. The third kappa shape index (κ3) is 1.95. The topological polar surface area (TPSA) is 59.4 Å². The minimum Gasteiger partial charge on any atom is -0.277 e. The molecule has 4 aromatic rings. The van der Waals surface area contributed by atoms with Gasteiger partial charge in [-0.2, -0.15) is 10.2 Å². The van der Waals surface area contributed by atoms with E-state index in [1.54, 1.807) is 16.0 Å². The molecule has 0 fully saturated rings. The van der Waals surface area contributed by atoms with Crippen LogP contribution in [0.25, 0.3) is 32.6 Å². The van der Waals surface area contributed by atoms with Crippen LogP contribution in [0.2, 0.25) is 0 Å². The average Bonchev–Trinajstić information content (AvgIpc) is 3.17. The van der Waals surface area contributed by atoms with Gasteiger partial charge in [-0.05, 0) is 24.6 Å². The van der Waals surface area contributed by atoms with Gasteiger partial charge < -0.3 is 0 Å². The van der Waals surface area contributed by atoms with E-state index < -0.39 is 0 Å². The fourth-order valence-electron chi connectivity index (χ4n) is 2.50. The number of aryl methyl sites for hydroxylation is 2. The molecule has 0 aliphatic rings. The zero-order valence-electron chi connectivity index (χ0n) is 11.7. The molecule has 0 spiro atoms. The number of aromatic nitrogens is 5. The van der Waals surface area contributed by atoms with Gasteiger partial charge in [-0.3, -0.25) is 9.78 Å². The summed E-state index contributed by atoms with van der Waals surface area (Å²) < 4.78 is 1.78. The van der Waals surface area contributed by atoms with Gasteiger partial charge in [-0.1, -0.05) is 6.07 Å². The molecule has 0 bridgehead atoms. The lowest BCUT2D eigenvalue weighted by atomic mass is 10.1. The fraction of sp³-hybridized carbons (Fsp3) is 0.133. The Labute approximate surface area is 125 Å². The first-order chi connectivity index (χ1) is 10.2. The molecule has 0 aliphatic heterocycles. The maximum absolute atomic E-state index is 4.43. The number of H-pyrrole nitrogens is 1. The zero-order valence-corrected chi connectivity index (χ0v) is 12.5. The van der Waals surface area contributed by atoms with E-state index in [0.29, 0.717) is 0 Å². The zero-order chi connectivity index (χ0) is 14.4. The molecule has 0 radical (unpaired) electrons. The van der Waals surface area contributed by atoms with E-state index in [2.05, 4.69) is 38.5 Å². The van der Waals surface area contributed by atoms with Crippen LogP contribution in [-0.2, 0) is 7.05 Å². The summed E-state index contributed by atoms with van der Waals surface area (Å²) in [5, 5.41) is 12.9. The first kappa shape index (κ1) is 12.3. The Hall–Kier alpha value is -2.47. The van der Waals surface area contributed by atoms with Gasteiger partial charge in [0, 0.05) is 24.2 Å². The van der Waals surface area contributed by atoms with Gasteiger partial charge in [0.2, 0.25) is 0 Å². The van der Waals surface area contributed by atoms with Crippen molar-refractivity contribution < 1.29 is 0 Å². The van der Waals surface area contributed by atoms with Gasteiger partial charge in [-0.15, -0.1) is 11.3 Å². The Morgan fingerprint density at radius 2 is 2.14 bits per heavy atom. The largest absolute Gasteiger partial charge is 0.277 e. The van der Waals surface area contributed by atoms with Gasteiger partial charge in [0.05, 0.1) is 27.8 Å². The summed E-state index contributed by atoms with van der Waals surface area (Å²) in [6.07, 6.45) is 3.80. The highest BCUT2D eigenvalue weighted by molar-refractivity contribution is 7.13. The second-order valence-corrected chi connectivity index (χ2v) is 5.86. The number of thiazole rings is 1. The van der Waals surface area contributed by atoms with Crippen LogP contribution in [0.4, 0.5) is 0 Å². The van der Waals surface area contributed by atoms with Gasteiger partial charge in [0.15, 0.2) is 0 Å². The molecule has 4 rings (SSSR count). The van der Waals surface area contributed by atoms with Crippen LogP contribution >= 0.6 is 11.3 Å². The Balaban J connectivity index is 1.86.